The van der Waals surface area contributed by atoms with E-state index in [4.69, 9.17) is 34.8 Å². The largest absolute Gasteiger partial charge is 0.352 e. The Hall–Kier alpha value is -1.40. The van der Waals surface area contributed by atoms with Crippen molar-refractivity contribution in [1.82, 2.24) is 10.2 Å². The van der Waals surface area contributed by atoms with Gasteiger partial charge in [0.05, 0.1) is 0 Å². The van der Waals surface area contributed by atoms with E-state index in [1.54, 1.807) is 35.7 Å². The van der Waals surface area contributed by atoms with Gasteiger partial charge in [-0.25, -0.2) is 0 Å². The number of halogens is 3. The van der Waals surface area contributed by atoms with Gasteiger partial charge in [0.2, 0.25) is 11.8 Å². The molecule has 8 heteroatoms. The number of benzene rings is 2. The van der Waals surface area contributed by atoms with Gasteiger partial charge < -0.3 is 10.2 Å². The molecule has 0 radical (unpaired) electrons. The van der Waals surface area contributed by atoms with Gasteiger partial charge in [0.25, 0.3) is 0 Å². The predicted octanol–water partition coefficient (Wildman–Crippen LogP) is 7.00. The number of nitrogens with zero attached hydrogens (tertiary/aromatic N) is 1. The van der Waals surface area contributed by atoms with E-state index in [0.717, 1.165) is 41.9 Å². The van der Waals surface area contributed by atoms with Crippen LogP contribution in [0.25, 0.3) is 0 Å². The third kappa shape index (κ3) is 8.10. The molecule has 1 fully saturated rings. The highest BCUT2D eigenvalue weighted by molar-refractivity contribution is 7.99. The van der Waals surface area contributed by atoms with Crippen molar-refractivity contribution >= 4 is 58.4 Å². The molecule has 1 atom stereocenters. The van der Waals surface area contributed by atoms with Crippen molar-refractivity contribution in [2.24, 2.45) is 0 Å². The third-order valence-electron chi connectivity index (χ3n) is 5.84. The fourth-order valence-electron chi connectivity index (χ4n) is 3.90. The summed E-state index contributed by atoms with van der Waals surface area (Å²) in [6.07, 6.45) is 5.32. The van der Waals surface area contributed by atoms with Crippen LogP contribution in [0.1, 0.15) is 51.0 Å². The lowest BCUT2D eigenvalue weighted by Gasteiger charge is -2.30. The Morgan fingerprint density at radius 3 is 2.39 bits per heavy atom. The van der Waals surface area contributed by atoms with Crippen LogP contribution in [0.2, 0.25) is 15.1 Å². The molecule has 2 aromatic rings. The van der Waals surface area contributed by atoms with Gasteiger partial charge in [-0.05, 0) is 73.9 Å². The number of carbonyl (C=O) groups excluding carboxylic acids is 2. The number of rotatable bonds is 10. The summed E-state index contributed by atoms with van der Waals surface area (Å²) in [7, 11) is 0. The van der Waals surface area contributed by atoms with Crippen LogP contribution in [0.3, 0.4) is 0 Å². The van der Waals surface area contributed by atoms with Crippen molar-refractivity contribution in [2.45, 2.75) is 69.0 Å². The molecule has 1 aliphatic carbocycles. The maximum Gasteiger partial charge on any atom is 0.242 e. The normalized spacial score (nSPS) is 14.8. The van der Waals surface area contributed by atoms with Gasteiger partial charge in [0.15, 0.2) is 0 Å². The van der Waals surface area contributed by atoms with E-state index in [0.29, 0.717) is 27.9 Å². The average Bonchev–Trinajstić information content (AvgIpc) is 3.30. The third-order valence-corrected chi connectivity index (χ3v) is 7.78. The van der Waals surface area contributed by atoms with Crippen LogP contribution in [0, 0.1) is 0 Å². The predicted molar refractivity (Wildman–Crippen MR) is 138 cm³/mol. The summed E-state index contributed by atoms with van der Waals surface area (Å²) in [5, 5.41) is 4.84. The molecule has 4 nitrogen and oxygen atoms in total. The highest BCUT2D eigenvalue weighted by Crippen LogP contribution is 2.25. The number of amides is 2. The van der Waals surface area contributed by atoms with Gasteiger partial charge in [-0.3, -0.25) is 9.59 Å². The summed E-state index contributed by atoms with van der Waals surface area (Å²) in [6, 6.07) is 12.5. The fourth-order valence-corrected chi connectivity index (χ4v) is 5.34. The molecule has 1 saturated carbocycles. The van der Waals surface area contributed by atoms with Crippen molar-refractivity contribution in [1.29, 1.82) is 0 Å². The maximum atomic E-state index is 13.2. The maximum absolute atomic E-state index is 13.2. The smallest absolute Gasteiger partial charge is 0.242 e. The van der Waals surface area contributed by atoms with E-state index in [9.17, 15) is 9.59 Å². The van der Waals surface area contributed by atoms with Crippen LogP contribution in [-0.4, -0.2) is 34.6 Å². The molecule has 33 heavy (non-hydrogen) atoms. The highest BCUT2D eigenvalue weighted by atomic mass is 35.5. The lowest BCUT2D eigenvalue weighted by Crippen LogP contribution is -2.49. The quantitative estimate of drug-likeness (QED) is 0.267. The van der Waals surface area contributed by atoms with Gasteiger partial charge >= 0.3 is 0 Å². The molecule has 2 amide bonds. The fraction of sp³-hybridized carbons (Fsp3) is 0.440. The van der Waals surface area contributed by atoms with Crippen molar-refractivity contribution in [3.8, 4) is 0 Å². The second-order valence-electron chi connectivity index (χ2n) is 8.33. The molecule has 1 N–H and O–H groups in total. The summed E-state index contributed by atoms with van der Waals surface area (Å²) in [5.41, 5.74) is 0.769. The Kier molecular flexibility index (Phi) is 10.2. The molecule has 0 heterocycles. The zero-order valence-electron chi connectivity index (χ0n) is 18.7. The number of nitrogens with one attached hydrogen (secondary N) is 1. The van der Waals surface area contributed by atoms with Crippen molar-refractivity contribution in [2.75, 3.05) is 5.75 Å². The molecule has 0 saturated heterocycles. The minimum atomic E-state index is -0.589. The minimum absolute atomic E-state index is 0.0632. The van der Waals surface area contributed by atoms with E-state index in [2.05, 4.69) is 5.32 Å². The van der Waals surface area contributed by atoms with Gasteiger partial charge in [-0.1, -0.05) is 53.7 Å². The van der Waals surface area contributed by atoms with Crippen LogP contribution in [0.15, 0.2) is 47.4 Å². The van der Waals surface area contributed by atoms with E-state index in [1.165, 1.54) is 0 Å². The van der Waals surface area contributed by atoms with E-state index < -0.39 is 6.04 Å². The first-order valence-electron chi connectivity index (χ1n) is 11.3. The molecule has 0 aromatic heterocycles. The molecular formula is C25H29Cl3N2O2S. The number of thioether (sulfide) groups is 1. The first-order chi connectivity index (χ1) is 15.8. The zero-order chi connectivity index (χ0) is 23.8. The molecule has 0 aliphatic heterocycles. The lowest BCUT2D eigenvalue weighted by atomic mass is 10.1. The Balaban J connectivity index is 1.63. The Morgan fingerprint density at radius 2 is 1.73 bits per heavy atom. The summed E-state index contributed by atoms with van der Waals surface area (Å²) in [6.45, 7) is 2.05. The lowest BCUT2D eigenvalue weighted by molar-refractivity contribution is -0.140. The summed E-state index contributed by atoms with van der Waals surface area (Å²) in [4.78, 5) is 28.9. The first kappa shape index (κ1) is 26.2. The number of carbonyl (C=O) groups is 2. The van der Waals surface area contributed by atoms with Crippen LogP contribution in [-0.2, 0) is 16.1 Å². The van der Waals surface area contributed by atoms with E-state index >= 15 is 0 Å². The molecule has 178 valence electrons. The van der Waals surface area contributed by atoms with Gasteiger partial charge in [0, 0.05) is 39.0 Å². The molecule has 2 aromatic carbocycles. The van der Waals surface area contributed by atoms with E-state index in [-0.39, 0.29) is 24.4 Å². The van der Waals surface area contributed by atoms with Gasteiger partial charge in [-0.15, -0.1) is 11.8 Å². The van der Waals surface area contributed by atoms with Gasteiger partial charge in [-0.2, -0.15) is 0 Å². The van der Waals surface area contributed by atoms with Crippen LogP contribution < -0.4 is 5.32 Å². The molecule has 0 spiro atoms. The molecule has 0 bridgehead atoms. The standard InChI is InChI=1S/C25H29Cl3N2O2S/c1-17(25(32)29-21-5-2-3-6-21)30(16-18-8-9-20(27)15-23(18)28)24(31)7-4-14-33-22-12-10-19(26)11-13-22/h8-13,15,17,21H,2-7,14,16H2,1H3,(H,29,32). The number of hydrogen-bond acceptors (Lipinski definition) is 3. The molecule has 3 rings (SSSR count). The Bertz CT molecular complexity index is 949. The summed E-state index contributed by atoms with van der Waals surface area (Å²) in [5.74, 6) is 0.619. The Morgan fingerprint density at radius 1 is 1.06 bits per heavy atom. The van der Waals surface area contributed by atoms with Crippen LogP contribution in [0.5, 0.6) is 0 Å². The SMILES string of the molecule is CC(C(=O)NC1CCCC1)N(Cc1ccc(Cl)cc1Cl)C(=O)CCCSc1ccc(Cl)cc1. The van der Waals surface area contributed by atoms with Crippen LogP contribution >= 0.6 is 46.6 Å². The highest BCUT2D eigenvalue weighted by Gasteiger charge is 2.28. The van der Waals surface area contributed by atoms with Crippen molar-refractivity contribution in [3.05, 3.63) is 63.1 Å². The minimum Gasteiger partial charge on any atom is -0.352 e. The molecular weight excluding hydrogens is 499 g/mol. The summed E-state index contributed by atoms with van der Waals surface area (Å²) >= 11 is 20.0. The number of hydrogen-bond donors (Lipinski definition) is 1. The Labute approximate surface area is 215 Å². The van der Waals surface area contributed by atoms with Crippen LogP contribution in [0.4, 0.5) is 0 Å². The zero-order valence-corrected chi connectivity index (χ0v) is 21.7. The average molecular weight is 528 g/mol. The van der Waals surface area contributed by atoms with E-state index in [1.807, 2.05) is 30.3 Å². The first-order valence-corrected chi connectivity index (χ1v) is 13.4. The second kappa shape index (κ2) is 12.9. The summed E-state index contributed by atoms with van der Waals surface area (Å²) < 4.78 is 0. The molecule has 1 aliphatic rings. The van der Waals surface area contributed by atoms with Crippen molar-refractivity contribution < 1.29 is 9.59 Å². The van der Waals surface area contributed by atoms with Gasteiger partial charge in [0.1, 0.15) is 6.04 Å². The van der Waals surface area contributed by atoms with Crippen molar-refractivity contribution in [3.63, 3.8) is 0 Å². The molecule has 1 unspecified atom stereocenters. The second-order valence-corrected chi connectivity index (χ2v) is 10.8. The topological polar surface area (TPSA) is 49.4 Å². The monoisotopic (exact) mass is 526 g/mol.